The number of nitrogens with one attached hydrogen (secondary N) is 1. The Balaban J connectivity index is 2.27. The van der Waals surface area contributed by atoms with Crippen molar-refractivity contribution in [2.24, 2.45) is 0 Å². The SMILES string of the molecule is COc1ccc(OC)c(C(O)C2CCCN2)c1. The van der Waals surface area contributed by atoms with E-state index in [-0.39, 0.29) is 6.04 Å². The van der Waals surface area contributed by atoms with Gasteiger partial charge in [0.2, 0.25) is 0 Å². The zero-order chi connectivity index (χ0) is 12.3. The smallest absolute Gasteiger partial charge is 0.124 e. The van der Waals surface area contributed by atoms with Crippen LogP contribution in [0.5, 0.6) is 11.5 Å². The molecule has 1 aromatic rings. The van der Waals surface area contributed by atoms with Crippen LogP contribution in [-0.4, -0.2) is 31.9 Å². The standard InChI is InChI=1S/C13H19NO3/c1-16-9-5-6-12(17-2)10(8-9)13(15)11-4-3-7-14-11/h5-6,8,11,13-15H,3-4,7H2,1-2H3. The second-order valence-electron chi connectivity index (χ2n) is 4.26. The molecule has 1 saturated heterocycles. The Morgan fingerprint density at radius 2 is 2.18 bits per heavy atom. The van der Waals surface area contributed by atoms with E-state index in [0.717, 1.165) is 30.7 Å². The van der Waals surface area contributed by atoms with Gasteiger partial charge in [0.15, 0.2) is 0 Å². The van der Waals surface area contributed by atoms with Gasteiger partial charge in [-0.1, -0.05) is 0 Å². The molecule has 94 valence electrons. The summed E-state index contributed by atoms with van der Waals surface area (Å²) in [5, 5.41) is 13.7. The summed E-state index contributed by atoms with van der Waals surface area (Å²) in [6.07, 6.45) is 1.54. The highest BCUT2D eigenvalue weighted by Crippen LogP contribution is 2.33. The average molecular weight is 237 g/mol. The van der Waals surface area contributed by atoms with Gasteiger partial charge in [-0.3, -0.25) is 0 Å². The molecule has 2 atom stereocenters. The first-order valence-corrected chi connectivity index (χ1v) is 5.89. The largest absolute Gasteiger partial charge is 0.497 e. The Morgan fingerprint density at radius 1 is 1.35 bits per heavy atom. The number of aliphatic hydroxyl groups is 1. The molecule has 1 aliphatic heterocycles. The fourth-order valence-corrected chi connectivity index (χ4v) is 2.27. The molecule has 1 heterocycles. The van der Waals surface area contributed by atoms with Crippen LogP contribution in [0.15, 0.2) is 18.2 Å². The number of hydrogen-bond donors (Lipinski definition) is 2. The van der Waals surface area contributed by atoms with E-state index in [1.165, 1.54) is 0 Å². The molecule has 2 unspecified atom stereocenters. The first-order valence-electron chi connectivity index (χ1n) is 5.89. The van der Waals surface area contributed by atoms with Crippen LogP contribution in [0.1, 0.15) is 24.5 Å². The third-order valence-electron chi connectivity index (χ3n) is 3.24. The summed E-state index contributed by atoms with van der Waals surface area (Å²) in [5.41, 5.74) is 0.784. The van der Waals surface area contributed by atoms with Gasteiger partial charge in [-0.25, -0.2) is 0 Å². The van der Waals surface area contributed by atoms with Crippen molar-refractivity contribution in [3.8, 4) is 11.5 Å². The van der Waals surface area contributed by atoms with Gasteiger partial charge in [-0.2, -0.15) is 0 Å². The van der Waals surface area contributed by atoms with E-state index >= 15 is 0 Å². The van der Waals surface area contributed by atoms with E-state index < -0.39 is 6.10 Å². The lowest BCUT2D eigenvalue weighted by atomic mass is 10.00. The van der Waals surface area contributed by atoms with Gasteiger partial charge < -0.3 is 19.9 Å². The molecule has 1 aromatic carbocycles. The number of benzene rings is 1. The van der Waals surface area contributed by atoms with Gasteiger partial charge in [0, 0.05) is 11.6 Å². The van der Waals surface area contributed by atoms with Crippen LogP contribution in [0, 0.1) is 0 Å². The highest BCUT2D eigenvalue weighted by Gasteiger charge is 2.26. The van der Waals surface area contributed by atoms with Gasteiger partial charge in [-0.15, -0.1) is 0 Å². The molecule has 0 amide bonds. The normalized spacial score (nSPS) is 21.2. The van der Waals surface area contributed by atoms with Crippen LogP contribution in [0.3, 0.4) is 0 Å². The Bertz CT molecular complexity index is 375. The third kappa shape index (κ3) is 2.53. The van der Waals surface area contributed by atoms with Crippen LogP contribution in [0.25, 0.3) is 0 Å². The number of methoxy groups -OCH3 is 2. The lowest BCUT2D eigenvalue weighted by molar-refractivity contribution is 0.134. The maximum atomic E-state index is 10.4. The van der Waals surface area contributed by atoms with Crippen LogP contribution < -0.4 is 14.8 Å². The predicted molar refractivity (Wildman–Crippen MR) is 65.5 cm³/mol. The molecular weight excluding hydrogens is 218 g/mol. The molecule has 0 spiro atoms. The van der Waals surface area contributed by atoms with Gasteiger partial charge in [0.05, 0.1) is 20.3 Å². The number of aliphatic hydroxyl groups excluding tert-OH is 1. The van der Waals surface area contributed by atoms with Crippen molar-refractivity contribution in [1.29, 1.82) is 0 Å². The van der Waals surface area contributed by atoms with Crippen molar-refractivity contribution in [2.45, 2.75) is 25.0 Å². The summed E-state index contributed by atoms with van der Waals surface area (Å²) in [5.74, 6) is 1.44. The predicted octanol–water partition coefficient (Wildman–Crippen LogP) is 1.49. The summed E-state index contributed by atoms with van der Waals surface area (Å²) in [6.45, 7) is 0.966. The lowest BCUT2D eigenvalue weighted by Gasteiger charge is -2.21. The second-order valence-corrected chi connectivity index (χ2v) is 4.26. The van der Waals surface area contributed by atoms with Crippen LogP contribution >= 0.6 is 0 Å². The number of ether oxygens (including phenoxy) is 2. The highest BCUT2D eigenvalue weighted by molar-refractivity contribution is 5.42. The maximum absolute atomic E-state index is 10.4. The van der Waals surface area contributed by atoms with Crippen molar-refractivity contribution in [3.05, 3.63) is 23.8 Å². The van der Waals surface area contributed by atoms with E-state index in [4.69, 9.17) is 9.47 Å². The zero-order valence-electron chi connectivity index (χ0n) is 10.3. The van der Waals surface area contributed by atoms with Gasteiger partial charge in [-0.05, 0) is 37.6 Å². The quantitative estimate of drug-likeness (QED) is 0.833. The number of rotatable bonds is 4. The van der Waals surface area contributed by atoms with E-state index in [9.17, 15) is 5.11 Å². The Morgan fingerprint density at radius 3 is 2.76 bits per heavy atom. The number of hydrogen-bond acceptors (Lipinski definition) is 4. The first-order chi connectivity index (χ1) is 8.26. The van der Waals surface area contributed by atoms with Crippen LogP contribution in [0.2, 0.25) is 0 Å². The molecule has 17 heavy (non-hydrogen) atoms. The van der Waals surface area contributed by atoms with Crippen molar-refractivity contribution in [2.75, 3.05) is 20.8 Å². The molecule has 4 heteroatoms. The van der Waals surface area contributed by atoms with E-state index in [2.05, 4.69) is 5.32 Å². The molecule has 4 nitrogen and oxygen atoms in total. The highest BCUT2D eigenvalue weighted by atomic mass is 16.5. The maximum Gasteiger partial charge on any atom is 0.124 e. The minimum atomic E-state index is -0.553. The first kappa shape index (κ1) is 12.2. The van der Waals surface area contributed by atoms with Crippen molar-refractivity contribution in [1.82, 2.24) is 5.32 Å². The average Bonchev–Trinajstić information content (AvgIpc) is 2.91. The van der Waals surface area contributed by atoms with Crippen molar-refractivity contribution < 1.29 is 14.6 Å². The molecule has 2 rings (SSSR count). The van der Waals surface area contributed by atoms with Crippen LogP contribution in [0.4, 0.5) is 0 Å². The molecule has 2 N–H and O–H groups in total. The summed E-state index contributed by atoms with van der Waals surface area (Å²) in [4.78, 5) is 0. The Kier molecular flexibility index (Phi) is 3.86. The molecule has 0 aliphatic carbocycles. The Labute approximate surface area is 102 Å². The topological polar surface area (TPSA) is 50.7 Å². The summed E-state index contributed by atoms with van der Waals surface area (Å²) < 4.78 is 10.5. The molecular formula is C13H19NO3. The third-order valence-corrected chi connectivity index (χ3v) is 3.24. The van der Waals surface area contributed by atoms with E-state index in [1.54, 1.807) is 14.2 Å². The minimum Gasteiger partial charge on any atom is -0.497 e. The second kappa shape index (κ2) is 5.38. The monoisotopic (exact) mass is 237 g/mol. The molecule has 0 saturated carbocycles. The molecule has 0 bridgehead atoms. The van der Waals surface area contributed by atoms with Crippen molar-refractivity contribution >= 4 is 0 Å². The lowest BCUT2D eigenvalue weighted by Crippen LogP contribution is -2.29. The molecule has 1 fully saturated rings. The summed E-state index contributed by atoms with van der Waals surface area (Å²) in [6, 6.07) is 5.60. The fourth-order valence-electron chi connectivity index (χ4n) is 2.27. The van der Waals surface area contributed by atoms with E-state index in [1.807, 2.05) is 18.2 Å². The molecule has 0 radical (unpaired) electrons. The Hall–Kier alpha value is -1.26. The summed E-state index contributed by atoms with van der Waals surface area (Å²) >= 11 is 0. The zero-order valence-corrected chi connectivity index (χ0v) is 10.3. The van der Waals surface area contributed by atoms with Crippen molar-refractivity contribution in [3.63, 3.8) is 0 Å². The molecule has 0 aromatic heterocycles. The van der Waals surface area contributed by atoms with E-state index in [0.29, 0.717) is 5.75 Å². The fraction of sp³-hybridized carbons (Fsp3) is 0.538. The van der Waals surface area contributed by atoms with Gasteiger partial charge in [0.25, 0.3) is 0 Å². The van der Waals surface area contributed by atoms with Gasteiger partial charge >= 0.3 is 0 Å². The summed E-state index contributed by atoms with van der Waals surface area (Å²) in [7, 11) is 3.23. The van der Waals surface area contributed by atoms with Gasteiger partial charge in [0.1, 0.15) is 11.5 Å². The minimum absolute atomic E-state index is 0.107. The van der Waals surface area contributed by atoms with Crippen LogP contribution in [-0.2, 0) is 0 Å². The molecule has 1 aliphatic rings.